The third kappa shape index (κ3) is 4.94. The van der Waals surface area contributed by atoms with Gasteiger partial charge in [0, 0.05) is 19.4 Å². The van der Waals surface area contributed by atoms with Gasteiger partial charge in [-0.2, -0.15) is 0 Å². The van der Waals surface area contributed by atoms with Crippen LogP contribution in [0.25, 0.3) is 0 Å². The first kappa shape index (κ1) is 17.7. The number of amides is 2. The van der Waals surface area contributed by atoms with Crippen molar-refractivity contribution in [2.75, 3.05) is 13.7 Å². The molecule has 0 aliphatic carbocycles. The normalized spacial score (nSPS) is 11.7. The molecule has 2 rings (SSSR count). The van der Waals surface area contributed by atoms with Gasteiger partial charge < -0.3 is 15.0 Å². The smallest absolute Gasteiger partial charge is 0.317 e. The van der Waals surface area contributed by atoms with Crippen molar-refractivity contribution in [1.82, 2.24) is 20.2 Å². The molecular formula is C18H24N4O2. The summed E-state index contributed by atoms with van der Waals surface area (Å²) >= 11 is 0. The molecule has 1 atom stereocenters. The summed E-state index contributed by atoms with van der Waals surface area (Å²) in [6.45, 7) is 6.77. The van der Waals surface area contributed by atoms with E-state index in [1.807, 2.05) is 39.0 Å². The van der Waals surface area contributed by atoms with E-state index in [0.717, 1.165) is 22.6 Å². The zero-order valence-electron chi connectivity index (χ0n) is 14.6. The second-order valence-electron chi connectivity index (χ2n) is 5.94. The number of carbonyl (C=O) groups excluding carboxylic acids is 1. The molecule has 6 nitrogen and oxygen atoms in total. The number of hydrogen-bond donors (Lipinski definition) is 1. The standard InChI is InChI=1S/C18H24N4O2/c1-13-6-5-7-14(2)17(13)24-12-15(3)21-18(23)22(4)11-16-10-19-8-9-20-16/h5-10,15H,11-12H2,1-4H3,(H,21,23). The van der Waals surface area contributed by atoms with Gasteiger partial charge in [0.15, 0.2) is 0 Å². The Kier molecular flexibility index (Phi) is 6.12. The molecule has 24 heavy (non-hydrogen) atoms. The molecule has 0 saturated heterocycles. The Labute approximate surface area is 142 Å². The fraction of sp³-hybridized carbons (Fsp3) is 0.389. The lowest BCUT2D eigenvalue weighted by Gasteiger charge is -2.22. The first-order valence-electron chi connectivity index (χ1n) is 7.93. The first-order valence-corrected chi connectivity index (χ1v) is 7.93. The van der Waals surface area contributed by atoms with Crippen LogP contribution in [0.1, 0.15) is 23.7 Å². The van der Waals surface area contributed by atoms with E-state index in [9.17, 15) is 4.79 Å². The summed E-state index contributed by atoms with van der Waals surface area (Å²) in [5.74, 6) is 0.881. The summed E-state index contributed by atoms with van der Waals surface area (Å²) in [6, 6.07) is 5.75. The molecule has 1 heterocycles. The molecule has 1 unspecified atom stereocenters. The van der Waals surface area contributed by atoms with Gasteiger partial charge in [-0.05, 0) is 31.9 Å². The summed E-state index contributed by atoms with van der Waals surface area (Å²) < 4.78 is 5.87. The number of hydrogen-bond acceptors (Lipinski definition) is 4. The van der Waals surface area contributed by atoms with Gasteiger partial charge in [0.05, 0.1) is 24.5 Å². The molecule has 0 fully saturated rings. The van der Waals surface area contributed by atoms with Gasteiger partial charge in [0.1, 0.15) is 12.4 Å². The maximum Gasteiger partial charge on any atom is 0.317 e. The van der Waals surface area contributed by atoms with Crippen molar-refractivity contribution in [2.45, 2.75) is 33.4 Å². The van der Waals surface area contributed by atoms with Crippen molar-refractivity contribution >= 4 is 6.03 Å². The van der Waals surface area contributed by atoms with E-state index >= 15 is 0 Å². The molecule has 2 aromatic rings. The molecule has 6 heteroatoms. The molecule has 0 radical (unpaired) electrons. The molecule has 0 spiro atoms. The minimum Gasteiger partial charge on any atom is -0.491 e. The predicted octanol–water partition coefficient (Wildman–Crippen LogP) is 2.70. The van der Waals surface area contributed by atoms with Crippen molar-refractivity contribution in [1.29, 1.82) is 0 Å². The minimum atomic E-state index is -0.168. The Morgan fingerprint density at radius 1 is 1.29 bits per heavy atom. The Hall–Kier alpha value is -2.63. The molecular weight excluding hydrogens is 304 g/mol. The maximum absolute atomic E-state index is 12.2. The Bertz CT molecular complexity index is 656. The van der Waals surface area contributed by atoms with Gasteiger partial charge in [-0.15, -0.1) is 0 Å². The summed E-state index contributed by atoms with van der Waals surface area (Å²) in [5, 5.41) is 2.92. The molecule has 2 amide bonds. The fourth-order valence-electron chi connectivity index (χ4n) is 2.32. The van der Waals surface area contributed by atoms with Crippen LogP contribution in [0.5, 0.6) is 5.75 Å². The van der Waals surface area contributed by atoms with Gasteiger partial charge in [-0.3, -0.25) is 9.97 Å². The Balaban J connectivity index is 1.83. The van der Waals surface area contributed by atoms with E-state index in [4.69, 9.17) is 4.74 Å². The lowest BCUT2D eigenvalue weighted by Crippen LogP contribution is -2.44. The minimum absolute atomic E-state index is 0.110. The zero-order chi connectivity index (χ0) is 17.5. The number of nitrogens with one attached hydrogen (secondary N) is 1. The first-order chi connectivity index (χ1) is 11.5. The van der Waals surface area contributed by atoms with E-state index in [2.05, 4.69) is 15.3 Å². The summed E-state index contributed by atoms with van der Waals surface area (Å²) in [4.78, 5) is 21.9. The summed E-state index contributed by atoms with van der Waals surface area (Å²) in [7, 11) is 1.73. The molecule has 1 aromatic carbocycles. The second-order valence-corrected chi connectivity index (χ2v) is 5.94. The van der Waals surface area contributed by atoms with Crippen LogP contribution in [0.3, 0.4) is 0 Å². The van der Waals surface area contributed by atoms with Crippen LogP contribution in [-0.4, -0.2) is 40.6 Å². The van der Waals surface area contributed by atoms with E-state index in [1.165, 1.54) is 0 Å². The number of carbonyl (C=O) groups is 1. The number of aromatic nitrogens is 2. The number of benzene rings is 1. The van der Waals surface area contributed by atoms with Gasteiger partial charge in [-0.1, -0.05) is 18.2 Å². The SMILES string of the molecule is Cc1cccc(C)c1OCC(C)NC(=O)N(C)Cc1cnccn1. The van der Waals surface area contributed by atoms with Crippen LogP contribution in [0.4, 0.5) is 4.79 Å². The highest BCUT2D eigenvalue weighted by molar-refractivity contribution is 5.74. The zero-order valence-corrected chi connectivity index (χ0v) is 14.6. The average molecular weight is 328 g/mol. The van der Waals surface area contributed by atoms with Gasteiger partial charge in [-0.25, -0.2) is 4.79 Å². The number of aryl methyl sites for hydroxylation is 2. The van der Waals surface area contributed by atoms with Gasteiger partial charge in [0.2, 0.25) is 0 Å². The van der Waals surface area contributed by atoms with Gasteiger partial charge >= 0.3 is 6.03 Å². The highest BCUT2D eigenvalue weighted by atomic mass is 16.5. The number of rotatable bonds is 6. The van der Waals surface area contributed by atoms with Crippen molar-refractivity contribution in [3.8, 4) is 5.75 Å². The van der Waals surface area contributed by atoms with E-state index in [1.54, 1.807) is 30.5 Å². The highest BCUT2D eigenvalue weighted by Crippen LogP contribution is 2.22. The summed E-state index contributed by atoms with van der Waals surface area (Å²) in [5.41, 5.74) is 2.93. The van der Waals surface area contributed by atoms with Crippen LogP contribution < -0.4 is 10.1 Å². The predicted molar refractivity (Wildman–Crippen MR) is 92.9 cm³/mol. The van der Waals surface area contributed by atoms with Crippen LogP contribution >= 0.6 is 0 Å². The van der Waals surface area contributed by atoms with E-state index in [-0.39, 0.29) is 12.1 Å². The van der Waals surface area contributed by atoms with Crippen LogP contribution in [0.15, 0.2) is 36.8 Å². The van der Waals surface area contributed by atoms with Gasteiger partial charge in [0.25, 0.3) is 0 Å². The maximum atomic E-state index is 12.2. The van der Waals surface area contributed by atoms with E-state index < -0.39 is 0 Å². The molecule has 0 bridgehead atoms. The lowest BCUT2D eigenvalue weighted by molar-refractivity contribution is 0.194. The number of ether oxygens (including phenoxy) is 1. The quantitative estimate of drug-likeness (QED) is 0.885. The van der Waals surface area contributed by atoms with Crippen molar-refractivity contribution in [3.63, 3.8) is 0 Å². The fourth-order valence-corrected chi connectivity index (χ4v) is 2.32. The molecule has 1 aromatic heterocycles. The molecule has 0 saturated carbocycles. The van der Waals surface area contributed by atoms with Crippen LogP contribution in [0.2, 0.25) is 0 Å². The van der Waals surface area contributed by atoms with Crippen LogP contribution in [0, 0.1) is 13.8 Å². The molecule has 1 N–H and O–H groups in total. The second kappa shape index (κ2) is 8.29. The Morgan fingerprint density at radius 2 is 2.00 bits per heavy atom. The molecule has 0 aliphatic heterocycles. The largest absolute Gasteiger partial charge is 0.491 e. The van der Waals surface area contributed by atoms with E-state index in [0.29, 0.717) is 13.2 Å². The number of urea groups is 1. The lowest BCUT2D eigenvalue weighted by atomic mass is 10.1. The average Bonchev–Trinajstić information content (AvgIpc) is 2.55. The third-order valence-electron chi connectivity index (χ3n) is 3.62. The topological polar surface area (TPSA) is 67.3 Å². The number of nitrogens with zero attached hydrogens (tertiary/aromatic N) is 3. The number of para-hydroxylation sites is 1. The van der Waals surface area contributed by atoms with Crippen molar-refractivity contribution in [3.05, 3.63) is 53.6 Å². The highest BCUT2D eigenvalue weighted by Gasteiger charge is 2.14. The van der Waals surface area contributed by atoms with Crippen molar-refractivity contribution in [2.24, 2.45) is 0 Å². The monoisotopic (exact) mass is 328 g/mol. The van der Waals surface area contributed by atoms with Crippen molar-refractivity contribution < 1.29 is 9.53 Å². The van der Waals surface area contributed by atoms with Crippen LogP contribution in [-0.2, 0) is 6.54 Å². The Morgan fingerprint density at radius 3 is 2.62 bits per heavy atom. The molecule has 0 aliphatic rings. The molecule has 128 valence electrons. The summed E-state index contributed by atoms with van der Waals surface area (Å²) in [6.07, 6.45) is 4.87. The third-order valence-corrected chi connectivity index (χ3v) is 3.62.